The molecule has 0 saturated heterocycles. The minimum atomic E-state index is -0.421. The third-order valence-electron chi connectivity index (χ3n) is 31.5. The maximum absolute atomic E-state index is 13.2. The number of benzene rings is 4. The van der Waals surface area contributed by atoms with Gasteiger partial charge in [0, 0.05) is 38.1 Å². The molecule has 12 rings (SSSR count). The van der Waals surface area contributed by atoms with Crippen molar-refractivity contribution in [1.82, 2.24) is 0 Å². The lowest BCUT2D eigenvalue weighted by molar-refractivity contribution is -0.154. The van der Waals surface area contributed by atoms with Crippen LogP contribution < -0.4 is 18.9 Å². The largest absolute Gasteiger partial charge is 0.494 e. The van der Waals surface area contributed by atoms with Crippen LogP contribution in [-0.4, -0.2) is 61.7 Å². The van der Waals surface area contributed by atoms with Crippen molar-refractivity contribution in [3.8, 4) is 23.0 Å². The number of carbonyl (C=O) groups is 4. The predicted octanol–water partition coefficient (Wildman–Crippen LogP) is 28.6. The van der Waals surface area contributed by atoms with Gasteiger partial charge in [-0.1, -0.05) is 208 Å². The van der Waals surface area contributed by atoms with Gasteiger partial charge in [-0.2, -0.15) is 0 Å². The molecule has 12 heteroatoms. The van der Waals surface area contributed by atoms with Crippen molar-refractivity contribution in [2.75, 3.05) is 13.2 Å². The first-order valence-electron chi connectivity index (χ1n) is 48.5. The maximum Gasteiger partial charge on any atom is 0.311 e. The molecular formula is C107H154N2O10. The molecule has 2 unspecified atom stereocenters. The van der Waals surface area contributed by atoms with Crippen LogP contribution in [0, 0.1) is 92.7 Å². The summed E-state index contributed by atoms with van der Waals surface area (Å²) in [5.41, 5.74) is 8.04. The van der Waals surface area contributed by atoms with E-state index < -0.39 is 11.9 Å². The Labute approximate surface area is 719 Å². The highest BCUT2D eigenvalue weighted by Crippen LogP contribution is 2.70. The first-order chi connectivity index (χ1) is 57.5. The number of esters is 4. The summed E-state index contributed by atoms with van der Waals surface area (Å²) in [6, 6.07) is 29.9. The standard InChI is InChI=1S/C107H154N2O10/c1-76(2)30-27-32-78(5)94-62-64-96-92-60-44-82-42-54-90(72-106(82,9)98(92)66-68-104(94,96)7)118-100(110)34-23-19-15-11-13-17-21-25-70-114-86-56-46-84(47-57-86)108-74-80-38-50-88(51-39-80)116-102(112)36-29-37-103(113)117-89-52-40-81(41-53-89)75-109-85-48-58-87(59-49-85)115-71-26-22-18-14-12-16-20-24-35-101(111)119-91-55-43-83-45-61-93-97-65-63-95(79(6)33-28-31-77(3)4)105(97,8)69-67-99(93)107(83,10)73-91/h38-41,44-53,56-59,74-79,90-99H,11-37,42-43,54-55,60-73H2,1-10H3/t78-,79-,90?,91?,92+,93+,94-,95-,96+,97+,98+,99+,104-,105-,106+,107+/m1/s1. The number of fused-ring (bicyclic) bond motifs is 10. The Morgan fingerprint density at radius 1 is 0.378 bits per heavy atom. The van der Waals surface area contributed by atoms with Gasteiger partial charge >= 0.3 is 23.9 Å². The van der Waals surface area contributed by atoms with Gasteiger partial charge in [0.1, 0.15) is 35.2 Å². The molecule has 8 aliphatic rings. The second-order valence-corrected chi connectivity index (χ2v) is 40.6. The quantitative estimate of drug-likeness (QED) is 0.0138. The number of hydrogen-bond donors (Lipinski definition) is 0. The molecule has 0 amide bonds. The number of carbonyl (C=O) groups excluding carboxylic acids is 4. The van der Waals surface area contributed by atoms with E-state index in [9.17, 15) is 19.2 Å². The van der Waals surface area contributed by atoms with Crippen molar-refractivity contribution >= 4 is 47.7 Å². The van der Waals surface area contributed by atoms with Crippen LogP contribution in [0.1, 0.15) is 356 Å². The zero-order valence-electron chi connectivity index (χ0n) is 75.4. The fraction of sp³-hybridized carbons (Fsp3) is 0.682. The molecule has 4 aromatic carbocycles. The molecule has 4 aromatic rings. The molecule has 652 valence electrons. The number of unbranched alkanes of at least 4 members (excludes halogenated alkanes) is 14. The number of nitrogens with zero attached hydrogens (tertiary/aromatic N) is 2. The van der Waals surface area contributed by atoms with Crippen LogP contribution in [0.5, 0.6) is 23.0 Å². The number of hydrogen-bond acceptors (Lipinski definition) is 12. The molecule has 0 heterocycles. The van der Waals surface area contributed by atoms with E-state index >= 15 is 0 Å². The Morgan fingerprint density at radius 2 is 0.731 bits per heavy atom. The van der Waals surface area contributed by atoms with E-state index in [0.717, 1.165) is 195 Å². The number of ether oxygens (including phenoxy) is 6. The van der Waals surface area contributed by atoms with Gasteiger partial charge < -0.3 is 28.4 Å². The van der Waals surface area contributed by atoms with Crippen molar-refractivity contribution in [2.24, 2.45) is 103 Å². The number of rotatable bonds is 46. The van der Waals surface area contributed by atoms with E-state index in [-0.39, 0.29) is 47.8 Å². The molecule has 0 aromatic heterocycles. The zero-order chi connectivity index (χ0) is 83.8. The van der Waals surface area contributed by atoms with Crippen LogP contribution in [0.15, 0.2) is 130 Å². The maximum atomic E-state index is 13.2. The molecule has 0 radical (unpaired) electrons. The minimum Gasteiger partial charge on any atom is -0.494 e. The topological polar surface area (TPSA) is 148 Å². The molecule has 6 saturated carbocycles. The van der Waals surface area contributed by atoms with Crippen LogP contribution in [0.4, 0.5) is 11.4 Å². The van der Waals surface area contributed by atoms with Crippen molar-refractivity contribution in [1.29, 1.82) is 0 Å². The molecule has 16 atom stereocenters. The van der Waals surface area contributed by atoms with E-state index in [1.165, 1.54) is 154 Å². The molecule has 0 bridgehead atoms. The smallest absolute Gasteiger partial charge is 0.311 e. The van der Waals surface area contributed by atoms with Gasteiger partial charge in [0.05, 0.1) is 24.6 Å². The van der Waals surface area contributed by atoms with Gasteiger partial charge in [0.25, 0.3) is 0 Å². The van der Waals surface area contributed by atoms with Gasteiger partial charge in [-0.25, -0.2) is 0 Å². The van der Waals surface area contributed by atoms with Crippen molar-refractivity contribution in [3.05, 3.63) is 131 Å². The van der Waals surface area contributed by atoms with Crippen molar-refractivity contribution < 1.29 is 47.6 Å². The molecular weight excluding hydrogens is 1470 g/mol. The van der Waals surface area contributed by atoms with E-state index in [1.54, 1.807) is 47.8 Å². The van der Waals surface area contributed by atoms with E-state index in [4.69, 9.17) is 28.4 Å². The van der Waals surface area contributed by atoms with Crippen LogP contribution in [0.3, 0.4) is 0 Å². The molecule has 8 aliphatic carbocycles. The summed E-state index contributed by atoms with van der Waals surface area (Å²) in [5.74, 6) is 11.5. The van der Waals surface area contributed by atoms with Gasteiger partial charge in [-0.05, 0) is 336 Å². The summed E-state index contributed by atoms with van der Waals surface area (Å²) < 4.78 is 35.8. The molecule has 6 fully saturated rings. The summed E-state index contributed by atoms with van der Waals surface area (Å²) in [7, 11) is 0. The van der Waals surface area contributed by atoms with Gasteiger partial charge in [-0.3, -0.25) is 29.2 Å². The first kappa shape index (κ1) is 91.4. The highest BCUT2D eigenvalue weighted by Gasteiger charge is 2.61. The fourth-order valence-corrected chi connectivity index (χ4v) is 25.0. The van der Waals surface area contributed by atoms with E-state index in [1.807, 2.05) is 72.8 Å². The second-order valence-electron chi connectivity index (χ2n) is 40.6. The summed E-state index contributed by atoms with van der Waals surface area (Å²) in [5, 5.41) is 0. The van der Waals surface area contributed by atoms with Crippen LogP contribution >= 0.6 is 0 Å². The third-order valence-corrected chi connectivity index (χ3v) is 31.5. The van der Waals surface area contributed by atoms with Crippen LogP contribution in [0.2, 0.25) is 0 Å². The van der Waals surface area contributed by atoms with Crippen LogP contribution in [-0.2, 0) is 28.7 Å². The Morgan fingerprint density at radius 3 is 1.11 bits per heavy atom. The lowest BCUT2D eigenvalue weighted by Gasteiger charge is -2.58. The molecule has 119 heavy (non-hydrogen) atoms. The van der Waals surface area contributed by atoms with E-state index in [0.29, 0.717) is 54.8 Å². The lowest BCUT2D eigenvalue weighted by Crippen LogP contribution is -2.51. The van der Waals surface area contributed by atoms with Gasteiger partial charge in [0.15, 0.2) is 0 Å². The Balaban J connectivity index is 0.433. The molecule has 12 nitrogen and oxygen atoms in total. The van der Waals surface area contributed by atoms with E-state index in [2.05, 4.69) is 91.4 Å². The Hall–Kier alpha value is -6.82. The normalized spacial score (nSPS) is 28.1. The molecule has 0 aliphatic heterocycles. The Bertz CT molecular complexity index is 3700. The predicted molar refractivity (Wildman–Crippen MR) is 485 cm³/mol. The second kappa shape index (κ2) is 44.5. The van der Waals surface area contributed by atoms with Crippen molar-refractivity contribution in [3.63, 3.8) is 0 Å². The summed E-state index contributed by atoms with van der Waals surface area (Å²) in [6.07, 6.45) is 56.6. The van der Waals surface area contributed by atoms with Crippen LogP contribution in [0.25, 0.3) is 0 Å². The number of allylic oxidation sites excluding steroid dienone is 4. The molecule has 0 spiro atoms. The monoisotopic (exact) mass is 1630 g/mol. The summed E-state index contributed by atoms with van der Waals surface area (Å²) in [4.78, 5) is 61.1. The molecule has 0 N–H and O–H groups in total. The summed E-state index contributed by atoms with van der Waals surface area (Å²) >= 11 is 0. The Kier molecular flexibility index (Phi) is 34.2. The van der Waals surface area contributed by atoms with Gasteiger partial charge in [0.2, 0.25) is 0 Å². The average molecular weight is 1630 g/mol. The lowest BCUT2D eigenvalue weighted by atomic mass is 9.47. The third kappa shape index (κ3) is 25.2. The SMILES string of the molecule is CC(C)CCC[C@@H](C)[C@H]1CC[C@H]2[C@@H]3CC=C4CCC(OC(=O)CCCCCCCCCCOc5ccc(N=Cc6ccc(OC(=O)CCCC(=O)Oc7ccc(C=Nc8ccc(OCCCCCCCCCCC(=O)OC9CCC%10=CC[C@H]%11[C@@H]%12CC[C@H]([C@H](C)CCCC(C)C)[C@@]%12(C)CC[C@@H]%11[C@@]%10(C)C9)cc8)cc7)cc6)cc5)C[C@]4(C)[C@H]3CC[C@]12C. The summed E-state index contributed by atoms with van der Waals surface area (Å²) in [6.45, 7) is 26.5. The zero-order valence-corrected chi connectivity index (χ0v) is 75.4. The highest BCUT2D eigenvalue weighted by molar-refractivity contribution is 5.83. The highest BCUT2D eigenvalue weighted by atomic mass is 16.6. The van der Waals surface area contributed by atoms with Gasteiger partial charge in [-0.15, -0.1) is 0 Å². The number of aliphatic imine (C=N–C) groups is 2. The fourth-order valence-electron chi connectivity index (χ4n) is 25.0. The van der Waals surface area contributed by atoms with Crippen molar-refractivity contribution in [2.45, 2.75) is 358 Å². The minimum absolute atomic E-state index is 0.0208. The average Bonchev–Trinajstić information content (AvgIpc) is 1.53. The first-order valence-corrected chi connectivity index (χ1v) is 48.5.